The molecule has 0 saturated carbocycles. The molecule has 0 amide bonds. The summed E-state index contributed by atoms with van der Waals surface area (Å²) in [5, 5.41) is 3.70. The fraction of sp³-hybridized carbons (Fsp3) is 0.250. The summed E-state index contributed by atoms with van der Waals surface area (Å²) in [6, 6.07) is 32.9. The van der Waals surface area contributed by atoms with E-state index in [1.807, 2.05) is 0 Å². The topological polar surface area (TPSA) is 12.0 Å². The molecule has 0 spiro atoms. The van der Waals surface area contributed by atoms with Gasteiger partial charge in [0.2, 0.25) is 0 Å². The van der Waals surface area contributed by atoms with E-state index >= 15 is 0 Å². The molecule has 0 aliphatic carbocycles. The zero-order valence-electron chi connectivity index (χ0n) is 14.9. The molecule has 0 aromatic heterocycles. The van der Waals surface area contributed by atoms with E-state index in [1.54, 1.807) is 0 Å². The highest BCUT2D eigenvalue weighted by Gasteiger charge is 2.14. The number of nitrogens with one attached hydrogen (secondary N) is 1. The van der Waals surface area contributed by atoms with Crippen LogP contribution < -0.4 is 5.32 Å². The highest BCUT2D eigenvalue weighted by atomic mass is 14.9. The van der Waals surface area contributed by atoms with Gasteiger partial charge in [-0.25, -0.2) is 0 Å². The molecular formula is C24H27N. The van der Waals surface area contributed by atoms with Crippen molar-refractivity contribution in [1.82, 2.24) is 5.32 Å². The summed E-state index contributed by atoms with van der Waals surface area (Å²) in [5.41, 5.74) is 4.18. The van der Waals surface area contributed by atoms with Crippen molar-refractivity contribution in [2.75, 3.05) is 6.54 Å². The van der Waals surface area contributed by atoms with E-state index in [2.05, 4.69) is 103 Å². The normalized spacial score (nSPS) is 12.2. The van der Waals surface area contributed by atoms with E-state index in [9.17, 15) is 0 Å². The molecule has 0 heterocycles. The molecule has 0 radical (unpaired) electrons. The van der Waals surface area contributed by atoms with Crippen molar-refractivity contribution in [3.63, 3.8) is 0 Å². The molecule has 0 bridgehead atoms. The summed E-state index contributed by atoms with van der Waals surface area (Å²) in [5.74, 6) is 0.443. The summed E-state index contributed by atoms with van der Waals surface area (Å²) in [6.45, 7) is 3.29. The predicted octanol–water partition coefficient (Wildman–Crippen LogP) is 5.43. The van der Waals surface area contributed by atoms with Gasteiger partial charge in [-0.15, -0.1) is 0 Å². The number of hydrogen-bond acceptors (Lipinski definition) is 1. The van der Waals surface area contributed by atoms with Crippen molar-refractivity contribution in [2.45, 2.75) is 31.7 Å². The maximum absolute atomic E-state index is 3.70. The van der Waals surface area contributed by atoms with Crippen LogP contribution in [-0.4, -0.2) is 12.6 Å². The Morgan fingerprint density at radius 3 is 1.68 bits per heavy atom. The minimum atomic E-state index is 0.443. The first-order chi connectivity index (χ1) is 12.3. The third-order valence-corrected chi connectivity index (χ3v) is 4.71. The van der Waals surface area contributed by atoms with Crippen molar-refractivity contribution in [2.24, 2.45) is 0 Å². The van der Waals surface area contributed by atoms with Gasteiger partial charge in [0.15, 0.2) is 0 Å². The first-order valence-corrected chi connectivity index (χ1v) is 9.20. The summed E-state index contributed by atoms with van der Waals surface area (Å²) >= 11 is 0. The molecule has 128 valence electrons. The summed E-state index contributed by atoms with van der Waals surface area (Å²) in [4.78, 5) is 0. The smallest absolute Gasteiger partial charge is 0.0101 e. The third-order valence-electron chi connectivity index (χ3n) is 4.71. The van der Waals surface area contributed by atoms with Gasteiger partial charge in [0.25, 0.3) is 0 Å². The van der Waals surface area contributed by atoms with Crippen LogP contribution in [0.1, 0.15) is 36.0 Å². The number of hydrogen-bond donors (Lipinski definition) is 1. The molecule has 1 atom stereocenters. The Hall–Kier alpha value is -2.38. The lowest BCUT2D eigenvalue weighted by Crippen LogP contribution is -2.30. The van der Waals surface area contributed by atoms with Crippen molar-refractivity contribution >= 4 is 0 Å². The standard InChI is InChI=1S/C24H27N/c1-20(19-21-11-5-2-6-12-21)25-18-17-24(22-13-7-3-8-14-22)23-15-9-4-10-16-23/h2-16,20,24-25H,17-19H2,1H3/t20-/m1/s1. The summed E-state index contributed by atoms with van der Waals surface area (Å²) < 4.78 is 0. The van der Waals surface area contributed by atoms with Gasteiger partial charge in [-0.05, 0) is 43.0 Å². The van der Waals surface area contributed by atoms with Crippen LogP contribution in [0.15, 0.2) is 91.0 Å². The van der Waals surface area contributed by atoms with Gasteiger partial charge in [0.05, 0.1) is 0 Å². The van der Waals surface area contributed by atoms with Crippen LogP contribution >= 0.6 is 0 Å². The molecule has 0 aliphatic heterocycles. The minimum Gasteiger partial charge on any atom is -0.314 e. The molecule has 3 aromatic rings. The zero-order chi connectivity index (χ0) is 17.3. The van der Waals surface area contributed by atoms with Crippen molar-refractivity contribution < 1.29 is 0 Å². The minimum absolute atomic E-state index is 0.443. The summed E-state index contributed by atoms with van der Waals surface area (Å²) in [6.07, 6.45) is 2.18. The Balaban J connectivity index is 1.60. The number of benzene rings is 3. The third kappa shape index (κ3) is 5.30. The maximum atomic E-state index is 3.70. The highest BCUT2D eigenvalue weighted by molar-refractivity contribution is 5.32. The van der Waals surface area contributed by atoms with Crippen LogP contribution in [0.25, 0.3) is 0 Å². The fourth-order valence-electron chi connectivity index (χ4n) is 3.41. The van der Waals surface area contributed by atoms with Gasteiger partial charge in [-0.3, -0.25) is 0 Å². The van der Waals surface area contributed by atoms with E-state index in [0.29, 0.717) is 12.0 Å². The van der Waals surface area contributed by atoms with E-state index in [0.717, 1.165) is 19.4 Å². The second-order valence-corrected chi connectivity index (χ2v) is 6.71. The Morgan fingerprint density at radius 2 is 1.16 bits per heavy atom. The van der Waals surface area contributed by atoms with Crippen molar-refractivity contribution in [3.05, 3.63) is 108 Å². The van der Waals surface area contributed by atoms with E-state index in [-0.39, 0.29) is 0 Å². The number of rotatable bonds is 8. The largest absolute Gasteiger partial charge is 0.314 e. The molecule has 0 aliphatic rings. The van der Waals surface area contributed by atoms with Crippen molar-refractivity contribution in [1.29, 1.82) is 0 Å². The SMILES string of the molecule is C[C@H](Cc1ccccc1)NCCC(c1ccccc1)c1ccccc1. The molecule has 1 heteroatoms. The lowest BCUT2D eigenvalue weighted by atomic mass is 9.88. The van der Waals surface area contributed by atoms with Gasteiger partial charge in [0.1, 0.15) is 0 Å². The van der Waals surface area contributed by atoms with Crippen LogP contribution in [-0.2, 0) is 6.42 Å². The highest BCUT2D eigenvalue weighted by Crippen LogP contribution is 2.27. The first-order valence-electron chi connectivity index (χ1n) is 9.20. The van der Waals surface area contributed by atoms with Crippen LogP contribution in [0, 0.1) is 0 Å². The molecular weight excluding hydrogens is 302 g/mol. The fourth-order valence-corrected chi connectivity index (χ4v) is 3.41. The molecule has 1 nitrogen and oxygen atoms in total. The molecule has 0 saturated heterocycles. The van der Waals surface area contributed by atoms with Gasteiger partial charge in [-0.2, -0.15) is 0 Å². The predicted molar refractivity (Wildman–Crippen MR) is 107 cm³/mol. The monoisotopic (exact) mass is 329 g/mol. The lowest BCUT2D eigenvalue weighted by molar-refractivity contribution is 0.520. The molecule has 25 heavy (non-hydrogen) atoms. The molecule has 3 aromatic carbocycles. The second kappa shape index (κ2) is 9.19. The zero-order valence-corrected chi connectivity index (χ0v) is 14.9. The van der Waals surface area contributed by atoms with Gasteiger partial charge in [-0.1, -0.05) is 91.0 Å². The van der Waals surface area contributed by atoms with Gasteiger partial charge < -0.3 is 5.32 Å². The average molecular weight is 329 g/mol. The first kappa shape index (κ1) is 17.4. The van der Waals surface area contributed by atoms with E-state index < -0.39 is 0 Å². The Bertz CT molecular complexity index is 682. The Labute approximate surface area is 151 Å². The second-order valence-electron chi connectivity index (χ2n) is 6.71. The van der Waals surface area contributed by atoms with Crippen LogP contribution in [0.2, 0.25) is 0 Å². The molecule has 0 fully saturated rings. The molecule has 1 N–H and O–H groups in total. The Kier molecular flexibility index (Phi) is 6.42. The van der Waals surface area contributed by atoms with Crippen LogP contribution in [0.4, 0.5) is 0 Å². The van der Waals surface area contributed by atoms with Gasteiger partial charge in [0, 0.05) is 12.0 Å². The van der Waals surface area contributed by atoms with Gasteiger partial charge >= 0.3 is 0 Å². The van der Waals surface area contributed by atoms with Crippen LogP contribution in [0.5, 0.6) is 0 Å². The molecule has 3 rings (SSSR count). The maximum Gasteiger partial charge on any atom is 0.0101 e. The van der Waals surface area contributed by atoms with Crippen LogP contribution in [0.3, 0.4) is 0 Å². The van der Waals surface area contributed by atoms with Crippen molar-refractivity contribution in [3.8, 4) is 0 Å². The Morgan fingerprint density at radius 1 is 0.680 bits per heavy atom. The van der Waals surface area contributed by atoms with E-state index in [4.69, 9.17) is 0 Å². The molecule has 0 unspecified atom stereocenters. The average Bonchev–Trinajstić information content (AvgIpc) is 2.67. The lowest BCUT2D eigenvalue weighted by Gasteiger charge is -2.20. The van der Waals surface area contributed by atoms with E-state index in [1.165, 1.54) is 16.7 Å². The summed E-state index contributed by atoms with van der Waals surface area (Å²) in [7, 11) is 0. The quantitative estimate of drug-likeness (QED) is 0.581.